The van der Waals surface area contributed by atoms with Crippen LogP contribution in [0, 0.1) is 20.8 Å². The summed E-state index contributed by atoms with van der Waals surface area (Å²) < 4.78 is 0. The maximum atomic E-state index is 12.1. The predicted molar refractivity (Wildman–Crippen MR) is 69.1 cm³/mol. The van der Waals surface area contributed by atoms with Gasteiger partial charge in [0.15, 0.2) is 6.04 Å². The van der Waals surface area contributed by atoms with Crippen LogP contribution in [0.15, 0.2) is 12.1 Å². The first-order valence-corrected chi connectivity index (χ1v) is 6.30. The average molecular weight is 233 g/mol. The molecule has 0 radical (unpaired) electrons. The number of amides is 1. The molecule has 0 aliphatic carbocycles. The van der Waals surface area contributed by atoms with Gasteiger partial charge in [-0.2, -0.15) is 0 Å². The van der Waals surface area contributed by atoms with Crippen molar-refractivity contribution in [2.45, 2.75) is 39.7 Å². The van der Waals surface area contributed by atoms with Crippen LogP contribution in [-0.2, 0) is 4.79 Å². The van der Waals surface area contributed by atoms with Crippen LogP contribution in [0.1, 0.15) is 29.5 Å². The van der Waals surface area contributed by atoms with E-state index in [1.807, 2.05) is 13.8 Å². The molecule has 1 amide bonds. The number of nitrogens with two attached hydrogens (primary N) is 1. The van der Waals surface area contributed by atoms with Gasteiger partial charge in [0.2, 0.25) is 0 Å². The average Bonchev–Trinajstić information content (AvgIpc) is 2.76. The van der Waals surface area contributed by atoms with E-state index in [9.17, 15) is 4.79 Å². The number of quaternary nitrogens is 1. The first-order valence-electron chi connectivity index (χ1n) is 6.30. The minimum atomic E-state index is 0.107. The van der Waals surface area contributed by atoms with Crippen LogP contribution >= 0.6 is 0 Å². The van der Waals surface area contributed by atoms with Gasteiger partial charge >= 0.3 is 0 Å². The molecule has 17 heavy (non-hydrogen) atoms. The Morgan fingerprint density at radius 2 is 1.94 bits per heavy atom. The highest BCUT2D eigenvalue weighted by Gasteiger charge is 2.26. The Hall–Kier alpha value is -1.35. The molecule has 2 rings (SSSR count). The molecule has 1 aliphatic heterocycles. The van der Waals surface area contributed by atoms with E-state index in [4.69, 9.17) is 0 Å². The normalized spacial score (nSPS) is 19.4. The quantitative estimate of drug-likeness (QED) is 0.794. The lowest BCUT2D eigenvalue weighted by Gasteiger charge is -2.14. The van der Waals surface area contributed by atoms with E-state index in [1.165, 1.54) is 5.56 Å². The number of nitrogens with one attached hydrogen (secondary N) is 1. The number of hydrogen-bond acceptors (Lipinski definition) is 1. The number of carbonyl (C=O) groups excluding carboxylic acids is 1. The fourth-order valence-corrected chi connectivity index (χ4v) is 2.61. The van der Waals surface area contributed by atoms with Gasteiger partial charge < -0.3 is 10.6 Å². The van der Waals surface area contributed by atoms with Gasteiger partial charge in [-0.05, 0) is 31.9 Å². The largest absolute Gasteiger partial charge is 0.336 e. The number of anilines is 1. The van der Waals surface area contributed by atoms with Gasteiger partial charge in [0.05, 0.1) is 6.54 Å². The van der Waals surface area contributed by atoms with Crippen LogP contribution in [0.4, 0.5) is 5.69 Å². The lowest BCUT2D eigenvalue weighted by atomic mass is 10.0. The molecule has 0 bridgehead atoms. The molecule has 0 aromatic heterocycles. The Morgan fingerprint density at radius 3 is 2.47 bits per heavy atom. The second kappa shape index (κ2) is 4.88. The zero-order valence-electron chi connectivity index (χ0n) is 10.8. The molecule has 1 fully saturated rings. The highest BCUT2D eigenvalue weighted by Crippen LogP contribution is 2.22. The number of hydrogen-bond donors (Lipinski definition) is 2. The molecule has 0 spiro atoms. The Balaban J connectivity index is 2.15. The zero-order chi connectivity index (χ0) is 12.4. The van der Waals surface area contributed by atoms with Crippen LogP contribution in [0.5, 0.6) is 0 Å². The van der Waals surface area contributed by atoms with Gasteiger partial charge in [-0.1, -0.05) is 17.7 Å². The molecule has 0 unspecified atom stereocenters. The Morgan fingerprint density at radius 1 is 1.29 bits per heavy atom. The zero-order valence-corrected chi connectivity index (χ0v) is 10.8. The maximum absolute atomic E-state index is 12.1. The van der Waals surface area contributed by atoms with Crippen molar-refractivity contribution < 1.29 is 10.1 Å². The van der Waals surface area contributed by atoms with Gasteiger partial charge in [0, 0.05) is 18.5 Å². The third-order valence-corrected chi connectivity index (χ3v) is 3.43. The summed E-state index contributed by atoms with van der Waals surface area (Å²) in [5, 5.41) is 5.21. The molecule has 1 atom stereocenters. The second-order valence-corrected chi connectivity index (χ2v) is 5.04. The molecule has 3 nitrogen and oxygen atoms in total. The van der Waals surface area contributed by atoms with E-state index in [1.54, 1.807) is 0 Å². The Bertz CT molecular complexity index is 411. The van der Waals surface area contributed by atoms with Crippen LogP contribution in [-0.4, -0.2) is 18.5 Å². The molecular formula is C14H21N2O+. The van der Waals surface area contributed by atoms with Crippen LogP contribution in [0.3, 0.4) is 0 Å². The summed E-state index contributed by atoms with van der Waals surface area (Å²) in [5.41, 5.74) is 4.52. The molecule has 3 N–H and O–H groups in total. The van der Waals surface area contributed by atoms with Crippen molar-refractivity contribution in [2.75, 3.05) is 11.9 Å². The van der Waals surface area contributed by atoms with Crippen LogP contribution in [0.2, 0.25) is 0 Å². The summed E-state index contributed by atoms with van der Waals surface area (Å²) in [5.74, 6) is 0.151. The fraction of sp³-hybridized carbons (Fsp3) is 0.500. The van der Waals surface area contributed by atoms with E-state index < -0.39 is 0 Å². The highest BCUT2D eigenvalue weighted by atomic mass is 16.2. The Labute approximate surface area is 103 Å². The first-order chi connectivity index (χ1) is 8.08. The molecule has 0 saturated carbocycles. The van der Waals surface area contributed by atoms with E-state index in [-0.39, 0.29) is 11.9 Å². The lowest BCUT2D eigenvalue weighted by Crippen LogP contribution is -2.88. The second-order valence-electron chi connectivity index (χ2n) is 5.04. The summed E-state index contributed by atoms with van der Waals surface area (Å²) in [4.78, 5) is 12.1. The van der Waals surface area contributed by atoms with Crippen molar-refractivity contribution in [3.05, 3.63) is 28.8 Å². The molecule has 3 heteroatoms. The monoisotopic (exact) mass is 233 g/mol. The minimum absolute atomic E-state index is 0.107. The molecular weight excluding hydrogens is 212 g/mol. The van der Waals surface area contributed by atoms with Gasteiger partial charge in [0.1, 0.15) is 0 Å². The van der Waals surface area contributed by atoms with E-state index in [2.05, 4.69) is 29.7 Å². The van der Waals surface area contributed by atoms with Crippen molar-refractivity contribution in [1.82, 2.24) is 0 Å². The van der Waals surface area contributed by atoms with Crippen molar-refractivity contribution in [3.8, 4) is 0 Å². The third-order valence-electron chi connectivity index (χ3n) is 3.43. The van der Waals surface area contributed by atoms with Crippen molar-refractivity contribution in [3.63, 3.8) is 0 Å². The Kier molecular flexibility index (Phi) is 3.48. The molecule has 1 saturated heterocycles. The number of carbonyl (C=O) groups is 1. The predicted octanol–water partition coefficient (Wildman–Crippen LogP) is 1.28. The molecule has 1 aromatic rings. The van der Waals surface area contributed by atoms with Crippen molar-refractivity contribution in [2.24, 2.45) is 0 Å². The van der Waals surface area contributed by atoms with Gasteiger partial charge in [-0.25, -0.2) is 0 Å². The minimum Gasteiger partial charge on any atom is -0.336 e. The summed E-state index contributed by atoms with van der Waals surface area (Å²) in [6.07, 6.45) is 2.14. The van der Waals surface area contributed by atoms with Crippen LogP contribution < -0.4 is 10.6 Å². The summed E-state index contributed by atoms with van der Waals surface area (Å²) in [6.45, 7) is 7.25. The van der Waals surface area contributed by atoms with Crippen molar-refractivity contribution in [1.29, 1.82) is 0 Å². The van der Waals surface area contributed by atoms with Crippen LogP contribution in [0.25, 0.3) is 0 Å². The van der Waals surface area contributed by atoms with E-state index >= 15 is 0 Å². The third kappa shape index (κ3) is 2.67. The summed E-state index contributed by atoms with van der Waals surface area (Å²) in [7, 11) is 0. The lowest BCUT2D eigenvalue weighted by molar-refractivity contribution is -0.656. The molecule has 1 aliphatic rings. The topological polar surface area (TPSA) is 45.7 Å². The standard InChI is InChI=1S/C14H20N2O/c1-9-7-10(2)13(11(3)8-9)16-14(17)12-5-4-6-15-12/h7-8,12,15H,4-6H2,1-3H3,(H,16,17)/p+1/t12-/m0/s1. The van der Waals surface area contributed by atoms with Crippen molar-refractivity contribution >= 4 is 11.6 Å². The van der Waals surface area contributed by atoms with Gasteiger partial charge in [-0.15, -0.1) is 0 Å². The molecule has 92 valence electrons. The highest BCUT2D eigenvalue weighted by molar-refractivity contribution is 5.95. The SMILES string of the molecule is Cc1cc(C)c(NC(=O)[C@@H]2CCC[NH2+]2)c(C)c1. The summed E-state index contributed by atoms with van der Waals surface area (Å²) in [6, 6.07) is 4.33. The maximum Gasteiger partial charge on any atom is 0.282 e. The number of benzene rings is 1. The van der Waals surface area contributed by atoms with Gasteiger partial charge in [0.25, 0.3) is 5.91 Å². The molecule has 1 heterocycles. The number of rotatable bonds is 2. The molecule has 1 aromatic carbocycles. The number of aryl methyl sites for hydroxylation is 3. The van der Waals surface area contributed by atoms with Gasteiger partial charge in [-0.3, -0.25) is 4.79 Å². The fourth-order valence-electron chi connectivity index (χ4n) is 2.61. The summed E-state index contributed by atoms with van der Waals surface area (Å²) >= 11 is 0. The van der Waals surface area contributed by atoms with E-state index in [0.29, 0.717) is 0 Å². The first kappa shape index (κ1) is 12.1. The smallest absolute Gasteiger partial charge is 0.282 e. The van der Waals surface area contributed by atoms with E-state index in [0.717, 1.165) is 36.2 Å².